The van der Waals surface area contributed by atoms with E-state index in [1.54, 1.807) is 12.3 Å². The molecule has 0 saturated heterocycles. The number of benzene rings is 1. The maximum Gasteiger partial charge on any atom is 0.339 e. The van der Waals surface area contributed by atoms with E-state index < -0.39 is 5.97 Å². The summed E-state index contributed by atoms with van der Waals surface area (Å²) >= 11 is 1.24. The van der Waals surface area contributed by atoms with E-state index in [4.69, 9.17) is 0 Å². The zero-order chi connectivity index (χ0) is 16.3. The molecule has 0 saturated carbocycles. The van der Waals surface area contributed by atoms with Gasteiger partial charge in [0.05, 0.1) is 0 Å². The third-order valence-electron chi connectivity index (χ3n) is 3.47. The molecule has 0 atom stereocenters. The van der Waals surface area contributed by atoms with E-state index in [1.807, 2.05) is 24.3 Å². The molecule has 2 aromatic rings. The summed E-state index contributed by atoms with van der Waals surface area (Å²) in [7, 11) is 0. The molecule has 0 aliphatic rings. The van der Waals surface area contributed by atoms with Crippen molar-refractivity contribution in [1.29, 1.82) is 0 Å². The summed E-state index contributed by atoms with van der Waals surface area (Å²) in [5, 5.41) is 14.3. The van der Waals surface area contributed by atoms with Crippen molar-refractivity contribution in [3.63, 3.8) is 0 Å². The number of thiophene rings is 1. The Balaban J connectivity index is 2.42. The molecule has 0 radical (unpaired) electrons. The molecule has 116 valence electrons. The fourth-order valence-electron chi connectivity index (χ4n) is 2.14. The van der Waals surface area contributed by atoms with Gasteiger partial charge in [0.2, 0.25) is 5.91 Å². The lowest BCUT2D eigenvalue weighted by atomic mass is 9.98. The van der Waals surface area contributed by atoms with Crippen molar-refractivity contribution in [3.8, 4) is 11.1 Å². The first-order valence-corrected chi connectivity index (χ1v) is 8.07. The van der Waals surface area contributed by atoms with Crippen LogP contribution in [0, 0.1) is 0 Å². The smallest absolute Gasteiger partial charge is 0.339 e. The van der Waals surface area contributed by atoms with Crippen LogP contribution in [0.5, 0.6) is 0 Å². The van der Waals surface area contributed by atoms with Crippen molar-refractivity contribution in [2.75, 3.05) is 5.32 Å². The largest absolute Gasteiger partial charge is 0.478 e. The summed E-state index contributed by atoms with van der Waals surface area (Å²) in [4.78, 5) is 23.1. The molecule has 0 unspecified atom stereocenters. The third-order valence-corrected chi connectivity index (χ3v) is 4.36. The molecule has 0 spiro atoms. The molecule has 2 N–H and O–H groups in total. The standard InChI is InChI=1S/C17H19NO3S/c1-4-14(19)18-16-15(17(20)21)13(9-22-16)12-7-5-11(6-8-12)10(2)3/h5-10H,4H2,1-3H3,(H,18,19)(H,20,21). The van der Waals surface area contributed by atoms with Gasteiger partial charge in [-0.25, -0.2) is 4.79 Å². The minimum absolute atomic E-state index is 0.157. The third kappa shape index (κ3) is 3.36. The molecule has 1 aromatic heterocycles. The molecule has 4 nitrogen and oxygen atoms in total. The van der Waals surface area contributed by atoms with Crippen molar-refractivity contribution in [2.24, 2.45) is 0 Å². The number of carbonyl (C=O) groups excluding carboxylic acids is 1. The molecular formula is C17H19NO3S. The maximum atomic E-state index is 11.6. The molecule has 1 aromatic carbocycles. The first-order valence-electron chi connectivity index (χ1n) is 7.19. The lowest BCUT2D eigenvalue weighted by molar-refractivity contribution is -0.115. The number of nitrogens with one attached hydrogen (secondary N) is 1. The Kier molecular flexibility index (Phi) is 4.98. The van der Waals surface area contributed by atoms with Crippen LogP contribution in [0.25, 0.3) is 11.1 Å². The first-order chi connectivity index (χ1) is 10.4. The Bertz CT molecular complexity index is 686. The predicted molar refractivity (Wildman–Crippen MR) is 89.7 cm³/mol. The van der Waals surface area contributed by atoms with Gasteiger partial charge in [-0.05, 0) is 17.0 Å². The van der Waals surface area contributed by atoms with Gasteiger partial charge in [0.1, 0.15) is 10.6 Å². The number of aromatic carboxylic acids is 1. The predicted octanol–water partition coefficient (Wildman–Crippen LogP) is 4.59. The van der Waals surface area contributed by atoms with E-state index in [9.17, 15) is 14.7 Å². The molecule has 0 fully saturated rings. The second-order valence-electron chi connectivity index (χ2n) is 5.34. The van der Waals surface area contributed by atoms with E-state index >= 15 is 0 Å². The molecule has 2 rings (SSSR count). The minimum Gasteiger partial charge on any atom is -0.478 e. The number of amides is 1. The summed E-state index contributed by atoms with van der Waals surface area (Å²) in [6.45, 7) is 5.95. The Hall–Kier alpha value is -2.14. The SMILES string of the molecule is CCC(=O)Nc1scc(-c2ccc(C(C)C)cc2)c1C(=O)O. The van der Waals surface area contributed by atoms with Gasteiger partial charge in [-0.15, -0.1) is 11.3 Å². The van der Waals surface area contributed by atoms with E-state index in [0.29, 0.717) is 22.9 Å². The van der Waals surface area contributed by atoms with E-state index in [0.717, 1.165) is 5.56 Å². The highest BCUT2D eigenvalue weighted by Crippen LogP contribution is 2.36. The first kappa shape index (κ1) is 16.2. The lowest BCUT2D eigenvalue weighted by Crippen LogP contribution is -2.11. The van der Waals surface area contributed by atoms with Gasteiger partial charge in [-0.3, -0.25) is 4.79 Å². The van der Waals surface area contributed by atoms with Crippen molar-refractivity contribution in [2.45, 2.75) is 33.1 Å². The van der Waals surface area contributed by atoms with Crippen molar-refractivity contribution >= 4 is 28.2 Å². The minimum atomic E-state index is -1.03. The second-order valence-corrected chi connectivity index (χ2v) is 6.22. The number of hydrogen-bond donors (Lipinski definition) is 2. The molecule has 0 bridgehead atoms. The number of rotatable bonds is 5. The fraction of sp³-hybridized carbons (Fsp3) is 0.294. The Morgan fingerprint density at radius 2 is 1.86 bits per heavy atom. The van der Waals surface area contributed by atoms with Crippen LogP contribution >= 0.6 is 11.3 Å². The highest BCUT2D eigenvalue weighted by molar-refractivity contribution is 7.15. The van der Waals surface area contributed by atoms with Crippen LogP contribution in [-0.4, -0.2) is 17.0 Å². The van der Waals surface area contributed by atoms with E-state index in [2.05, 4.69) is 19.2 Å². The van der Waals surface area contributed by atoms with Gasteiger partial charge in [0, 0.05) is 17.4 Å². The average molecular weight is 317 g/mol. The molecule has 1 heterocycles. The quantitative estimate of drug-likeness (QED) is 0.848. The highest BCUT2D eigenvalue weighted by atomic mass is 32.1. The number of carboxylic acid groups (broad SMARTS) is 1. The van der Waals surface area contributed by atoms with Gasteiger partial charge < -0.3 is 10.4 Å². The monoisotopic (exact) mass is 317 g/mol. The molecule has 0 aliphatic heterocycles. The zero-order valence-electron chi connectivity index (χ0n) is 12.8. The molecule has 5 heteroatoms. The van der Waals surface area contributed by atoms with Crippen molar-refractivity contribution < 1.29 is 14.7 Å². The van der Waals surface area contributed by atoms with Gasteiger partial charge in [0.25, 0.3) is 0 Å². The lowest BCUT2D eigenvalue weighted by Gasteiger charge is -2.08. The zero-order valence-corrected chi connectivity index (χ0v) is 13.7. The summed E-state index contributed by atoms with van der Waals surface area (Å²) in [6.07, 6.45) is 0.315. The van der Waals surface area contributed by atoms with Gasteiger partial charge in [-0.2, -0.15) is 0 Å². The van der Waals surface area contributed by atoms with Gasteiger partial charge in [-0.1, -0.05) is 45.0 Å². The van der Waals surface area contributed by atoms with Crippen LogP contribution in [0.1, 0.15) is 49.0 Å². The summed E-state index contributed by atoms with van der Waals surface area (Å²) in [5.41, 5.74) is 2.84. The second kappa shape index (κ2) is 6.75. The summed E-state index contributed by atoms with van der Waals surface area (Å²) in [5.74, 6) is -0.795. The van der Waals surface area contributed by atoms with Crippen LogP contribution in [0.3, 0.4) is 0 Å². The van der Waals surface area contributed by atoms with Crippen molar-refractivity contribution in [3.05, 3.63) is 40.8 Å². The number of carboxylic acids is 1. The number of carbonyl (C=O) groups is 2. The van der Waals surface area contributed by atoms with E-state index in [1.165, 1.54) is 16.9 Å². The van der Waals surface area contributed by atoms with Crippen LogP contribution in [0.4, 0.5) is 5.00 Å². The van der Waals surface area contributed by atoms with E-state index in [-0.39, 0.29) is 11.5 Å². The van der Waals surface area contributed by atoms with Crippen LogP contribution < -0.4 is 5.32 Å². The van der Waals surface area contributed by atoms with Crippen LogP contribution in [-0.2, 0) is 4.79 Å². The Morgan fingerprint density at radius 3 is 2.36 bits per heavy atom. The number of hydrogen-bond acceptors (Lipinski definition) is 3. The van der Waals surface area contributed by atoms with Gasteiger partial charge in [0.15, 0.2) is 0 Å². The normalized spacial score (nSPS) is 10.7. The average Bonchev–Trinajstić information content (AvgIpc) is 2.90. The molecular weight excluding hydrogens is 298 g/mol. The maximum absolute atomic E-state index is 11.6. The van der Waals surface area contributed by atoms with Crippen molar-refractivity contribution in [1.82, 2.24) is 0 Å². The molecule has 22 heavy (non-hydrogen) atoms. The van der Waals surface area contributed by atoms with Crippen LogP contribution in [0.15, 0.2) is 29.6 Å². The Labute approximate surface area is 133 Å². The topological polar surface area (TPSA) is 66.4 Å². The highest BCUT2D eigenvalue weighted by Gasteiger charge is 2.20. The van der Waals surface area contributed by atoms with Gasteiger partial charge >= 0.3 is 5.97 Å². The number of anilines is 1. The Morgan fingerprint density at radius 1 is 1.23 bits per heavy atom. The summed E-state index contributed by atoms with van der Waals surface area (Å²) < 4.78 is 0. The van der Waals surface area contributed by atoms with Crippen LogP contribution in [0.2, 0.25) is 0 Å². The fourth-order valence-corrected chi connectivity index (χ4v) is 3.11. The molecule has 0 aliphatic carbocycles. The summed E-state index contributed by atoms with van der Waals surface area (Å²) in [6, 6.07) is 7.87. The molecule has 1 amide bonds.